The first-order valence-corrected chi connectivity index (χ1v) is 9.53. The van der Waals surface area contributed by atoms with Crippen LogP contribution in [0.25, 0.3) is 0 Å². The molecule has 112 valence electrons. The molecule has 3 heteroatoms. The van der Waals surface area contributed by atoms with E-state index in [1.807, 2.05) is 11.8 Å². The van der Waals surface area contributed by atoms with Crippen molar-refractivity contribution < 1.29 is 0 Å². The van der Waals surface area contributed by atoms with Gasteiger partial charge in [0.15, 0.2) is 0 Å². The van der Waals surface area contributed by atoms with E-state index < -0.39 is 0 Å². The van der Waals surface area contributed by atoms with Gasteiger partial charge in [-0.3, -0.25) is 4.90 Å². The summed E-state index contributed by atoms with van der Waals surface area (Å²) in [6.45, 7) is 8.50. The lowest BCUT2D eigenvalue weighted by Gasteiger charge is -2.55. The monoisotopic (exact) mass is 284 g/mol. The molecule has 0 amide bonds. The van der Waals surface area contributed by atoms with Crippen molar-refractivity contribution >= 4 is 11.8 Å². The van der Waals surface area contributed by atoms with E-state index in [1.165, 1.54) is 70.3 Å². The van der Waals surface area contributed by atoms with E-state index in [0.29, 0.717) is 11.1 Å². The number of nitrogens with one attached hydrogen (secondary N) is 1. The molecular weight excluding hydrogens is 252 g/mol. The zero-order valence-corrected chi connectivity index (χ0v) is 14.0. The van der Waals surface area contributed by atoms with Gasteiger partial charge < -0.3 is 5.32 Å². The highest BCUT2D eigenvalue weighted by atomic mass is 32.2. The third-order valence-corrected chi connectivity index (χ3v) is 6.09. The second-order valence-electron chi connectivity index (χ2n) is 6.82. The fourth-order valence-electron chi connectivity index (χ4n) is 3.79. The van der Waals surface area contributed by atoms with E-state index in [-0.39, 0.29) is 0 Å². The summed E-state index contributed by atoms with van der Waals surface area (Å²) >= 11 is 1.99. The molecule has 1 N–H and O–H groups in total. The second kappa shape index (κ2) is 6.82. The molecule has 1 heterocycles. The Morgan fingerprint density at radius 1 is 1.21 bits per heavy atom. The Bertz CT molecular complexity index is 276. The summed E-state index contributed by atoms with van der Waals surface area (Å²) in [5.74, 6) is 1.31. The van der Waals surface area contributed by atoms with E-state index in [2.05, 4.69) is 30.3 Å². The molecular formula is C16H32N2S. The van der Waals surface area contributed by atoms with Gasteiger partial charge in [0.1, 0.15) is 0 Å². The Hall–Kier alpha value is 0.270. The van der Waals surface area contributed by atoms with Crippen LogP contribution in [-0.4, -0.2) is 47.6 Å². The first kappa shape index (κ1) is 15.7. The quantitative estimate of drug-likeness (QED) is 0.778. The van der Waals surface area contributed by atoms with Gasteiger partial charge in [0.2, 0.25) is 0 Å². The minimum atomic E-state index is 0.335. The van der Waals surface area contributed by atoms with Crippen molar-refractivity contribution in [1.29, 1.82) is 0 Å². The Labute approximate surface area is 124 Å². The summed E-state index contributed by atoms with van der Waals surface area (Å²) < 4.78 is 0. The molecule has 0 aromatic rings. The predicted octanol–water partition coefficient (Wildman–Crippen LogP) is 3.52. The topological polar surface area (TPSA) is 15.3 Å². The van der Waals surface area contributed by atoms with E-state index in [0.717, 1.165) is 0 Å². The van der Waals surface area contributed by atoms with Crippen molar-refractivity contribution in [3.8, 4) is 0 Å². The lowest BCUT2D eigenvalue weighted by Crippen LogP contribution is -2.69. The lowest BCUT2D eigenvalue weighted by molar-refractivity contribution is -0.0151. The Morgan fingerprint density at radius 3 is 2.58 bits per heavy atom. The maximum Gasteiger partial charge on any atom is 0.0334 e. The van der Waals surface area contributed by atoms with Crippen molar-refractivity contribution in [3.05, 3.63) is 0 Å². The van der Waals surface area contributed by atoms with Crippen LogP contribution in [0.2, 0.25) is 0 Å². The van der Waals surface area contributed by atoms with Crippen LogP contribution < -0.4 is 5.32 Å². The summed E-state index contributed by atoms with van der Waals surface area (Å²) in [6.07, 6.45) is 12.0. The first-order chi connectivity index (χ1) is 9.14. The largest absolute Gasteiger partial charge is 0.308 e. The van der Waals surface area contributed by atoms with E-state index in [1.54, 1.807) is 0 Å². The van der Waals surface area contributed by atoms with Crippen molar-refractivity contribution in [3.63, 3.8) is 0 Å². The van der Waals surface area contributed by atoms with Crippen LogP contribution in [0.5, 0.6) is 0 Å². The van der Waals surface area contributed by atoms with Crippen molar-refractivity contribution in [2.45, 2.75) is 69.9 Å². The second-order valence-corrected chi connectivity index (χ2v) is 7.81. The summed E-state index contributed by atoms with van der Waals surface area (Å²) in [5, 5.41) is 3.88. The summed E-state index contributed by atoms with van der Waals surface area (Å²) in [6, 6.07) is 0. The fourth-order valence-corrected chi connectivity index (χ4v) is 4.21. The number of hydrogen-bond acceptors (Lipinski definition) is 3. The maximum atomic E-state index is 3.88. The van der Waals surface area contributed by atoms with Crippen LogP contribution in [0, 0.1) is 0 Å². The molecule has 2 fully saturated rings. The van der Waals surface area contributed by atoms with Crippen LogP contribution in [0.4, 0.5) is 0 Å². The molecule has 0 bridgehead atoms. The molecule has 19 heavy (non-hydrogen) atoms. The molecule has 2 aliphatic rings. The molecule has 1 aliphatic heterocycles. The molecule has 1 saturated heterocycles. The molecule has 1 atom stereocenters. The highest BCUT2D eigenvalue weighted by Crippen LogP contribution is 2.37. The molecule has 0 aromatic heterocycles. The minimum absolute atomic E-state index is 0.335. The Morgan fingerprint density at radius 2 is 1.95 bits per heavy atom. The normalized spacial score (nSPS) is 31.7. The molecule has 0 aromatic carbocycles. The average molecular weight is 285 g/mol. The van der Waals surface area contributed by atoms with Crippen LogP contribution in [0.1, 0.15) is 58.8 Å². The van der Waals surface area contributed by atoms with Gasteiger partial charge >= 0.3 is 0 Å². The third-order valence-electron chi connectivity index (χ3n) is 5.40. The van der Waals surface area contributed by atoms with Crippen LogP contribution >= 0.6 is 11.8 Å². The van der Waals surface area contributed by atoms with Crippen LogP contribution in [-0.2, 0) is 0 Å². The van der Waals surface area contributed by atoms with Gasteiger partial charge in [0.05, 0.1) is 0 Å². The smallest absolute Gasteiger partial charge is 0.0334 e. The van der Waals surface area contributed by atoms with Gasteiger partial charge in [-0.2, -0.15) is 11.8 Å². The van der Waals surface area contributed by atoms with Crippen LogP contribution in [0.15, 0.2) is 0 Å². The maximum absolute atomic E-state index is 3.88. The first-order valence-electron chi connectivity index (χ1n) is 8.13. The zero-order valence-electron chi connectivity index (χ0n) is 13.1. The number of piperazine rings is 1. The molecule has 1 saturated carbocycles. The number of rotatable bonds is 5. The number of thioether (sulfide) groups is 1. The van der Waals surface area contributed by atoms with Crippen molar-refractivity contribution in [2.75, 3.05) is 31.6 Å². The van der Waals surface area contributed by atoms with Gasteiger partial charge in [-0.05, 0) is 51.2 Å². The predicted molar refractivity (Wildman–Crippen MR) is 87.1 cm³/mol. The molecule has 1 unspecified atom stereocenters. The molecule has 2 nitrogen and oxygen atoms in total. The van der Waals surface area contributed by atoms with Gasteiger partial charge in [-0.15, -0.1) is 0 Å². The van der Waals surface area contributed by atoms with E-state index >= 15 is 0 Å². The van der Waals surface area contributed by atoms with E-state index in [4.69, 9.17) is 0 Å². The fraction of sp³-hybridized carbons (Fsp3) is 1.00. The lowest BCUT2D eigenvalue weighted by atomic mass is 9.76. The molecule has 1 spiro atoms. The molecule has 1 aliphatic carbocycles. The molecule has 2 rings (SSSR count). The van der Waals surface area contributed by atoms with E-state index in [9.17, 15) is 0 Å². The minimum Gasteiger partial charge on any atom is -0.308 e. The summed E-state index contributed by atoms with van der Waals surface area (Å²) in [5.41, 5.74) is 0.827. The summed E-state index contributed by atoms with van der Waals surface area (Å²) in [4.78, 5) is 2.86. The highest BCUT2D eigenvalue weighted by Gasteiger charge is 2.44. The van der Waals surface area contributed by atoms with Crippen LogP contribution in [0.3, 0.4) is 0 Å². The van der Waals surface area contributed by atoms with Gasteiger partial charge in [0, 0.05) is 24.2 Å². The molecule has 0 radical (unpaired) electrons. The highest BCUT2D eigenvalue weighted by molar-refractivity contribution is 7.98. The van der Waals surface area contributed by atoms with Crippen molar-refractivity contribution in [2.24, 2.45) is 0 Å². The van der Waals surface area contributed by atoms with Gasteiger partial charge in [-0.1, -0.05) is 26.2 Å². The Balaban J connectivity index is 2.03. The van der Waals surface area contributed by atoms with Gasteiger partial charge in [-0.25, -0.2) is 0 Å². The SMILES string of the molecule is CCC1(C)CN(CCCSC)C2(CCCCC2)CN1. The summed E-state index contributed by atoms with van der Waals surface area (Å²) in [7, 11) is 0. The third kappa shape index (κ3) is 3.68. The number of nitrogens with zero attached hydrogens (tertiary/aromatic N) is 1. The number of hydrogen-bond donors (Lipinski definition) is 1. The van der Waals surface area contributed by atoms with Gasteiger partial charge in [0.25, 0.3) is 0 Å². The Kier molecular flexibility index (Phi) is 5.62. The standard InChI is InChI=1S/C16H32N2S/c1-4-15(2)14-18(11-8-12-19-3)16(13-17-15)9-6-5-7-10-16/h17H,4-14H2,1-3H3. The average Bonchev–Trinajstić information content (AvgIpc) is 2.45. The van der Waals surface area contributed by atoms with Crippen molar-refractivity contribution in [1.82, 2.24) is 10.2 Å². The zero-order chi connectivity index (χ0) is 13.8.